The number of pyridine rings is 1. The number of halogens is 1. The van der Waals surface area contributed by atoms with Crippen LogP contribution in [0.25, 0.3) is 10.2 Å². The van der Waals surface area contributed by atoms with Gasteiger partial charge in [-0.3, -0.25) is 9.67 Å². The van der Waals surface area contributed by atoms with Crippen LogP contribution in [-0.4, -0.2) is 14.8 Å². The average Bonchev–Trinajstić information content (AvgIpc) is 2.98. The van der Waals surface area contributed by atoms with Gasteiger partial charge in [0.15, 0.2) is 0 Å². The SMILES string of the molecule is Cc1nn(C)c(CC(N)c2cnc3ccsc3c2)c1Br. The minimum Gasteiger partial charge on any atom is -0.324 e. The zero-order valence-electron chi connectivity index (χ0n) is 11.3. The lowest BCUT2D eigenvalue weighted by molar-refractivity contribution is 0.637. The second-order valence-corrected chi connectivity index (χ2v) is 6.59. The first kappa shape index (κ1) is 13.7. The summed E-state index contributed by atoms with van der Waals surface area (Å²) in [7, 11) is 1.94. The summed E-state index contributed by atoms with van der Waals surface area (Å²) in [6.07, 6.45) is 2.60. The van der Waals surface area contributed by atoms with Crippen molar-refractivity contribution in [2.24, 2.45) is 12.8 Å². The molecule has 20 heavy (non-hydrogen) atoms. The van der Waals surface area contributed by atoms with E-state index in [1.165, 1.54) is 4.70 Å². The Morgan fingerprint density at radius 3 is 3.00 bits per heavy atom. The molecule has 3 aromatic heterocycles. The van der Waals surface area contributed by atoms with Gasteiger partial charge in [0.25, 0.3) is 0 Å². The highest BCUT2D eigenvalue weighted by molar-refractivity contribution is 9.10. The number of thiophene rings is 1. The first-order valence-corrected chi connectivity index (χ1v) is 8.00. The summed E-state index contributed by atoms with van der Waals surface area (Å²) in [4.78, 5) is 4.45. The molecule has 0 radical (unpaired) electrons. The van der Waals surface area contributed by atoms with Crippen molar-refractivity contribution < 1.29 is 0 Å². The van der Waals surface area contributed by atoms with E-state index in [9.17, 15) is 0 Å². The van der Waals surface area contributed by atoms with Crippen LogP contribution in [0.5, 0.6) is 0 Å². The monoisotopic (exact) mass is 350 g/mol. The van der Waals surface area contributed by atoms with Crippen molar-refractivity contribution in [1.29, 1.82) is 0 Å². The van der Waals surface area contributed by atoms with E-state index in [2.05, 4.69) is 32.1 Å². The number of hydrogen-bond acceptors (Lipinski definition) is 4. The molecular formula is C14H15BrN4S. The summed E-state index contributed by atoms with van der Waals surface area (Å²) in [5.41, 5.74) is 10.5. The molecule has 0 saturated carbocycles. The second-order valence-electron chi connectivity index (χ2n) is 4.85. The van der Waals surface area contributed by atoms with E-state index in [0.717, 1.165) is 33.4 Å². The first-order valence-electron chi connectivity index (χ1n) is 6.33. The fourth-order valence-corrected chi connectivity index (χ4v) is 3.58. The van der Waals surface area contributed by atoms with Crippen LogP contribution < -0.4 is 5.73 Å². The molecule has 3 rings (SSSR count). The lowest BCUT2D eigenvalue weighted by Crippen LogP contribution is -2.16. The highest BCUT2D eigenvalue weighted by atomic mass is 79.9. The van der Waals surface area contributed by atoms with Crippen molar-refractivity contribution in [2.75, 3.05) is 0 Å². The van der Waals surface area contributed by atoms with Crippen molar-refractivity contribution in [3.05, 3.63) is 45.1 Å². The van der Waals surface area contributed by atoms with Crippen LogP contribution in [0.15, 0.2) is 28.2 Å². The Labute approximate surface area is 129 Å². The van der Waals surface area contributed by atoms with Gasteiger partial charge in [0, 0.05) is 25.7 Å². The summed E-state index contributed by atoms with van der Waals surface area (Å²) in [5.74, 6) is 0. The molecule has 2 N–H and O–H groups in total. The normalized spacial score (nSPS) is 13.0. The molecule has 0 spiro atoms. The zero-order chi connectivity index (χ0) is 14.3. The summed E-state index contributed by atoms with van der Waals surface area (Å²) in [6.45, 7) is 1.98. The highest BCUT2D eigenvalue weighted by Crippen LogP contribution is 2.27. The number of aromatic nitrogens is 3. The van der Waals surface area contributed by atoms with Crippen LogP contribution in [-0.2, 0) is 13.5 Å². The average molecular weight is 351 g/mol. The lowest BCUT2D eigenvalue weighted by atomic mass is 10.0. The van der Waals surface area contributed by atoms with Gasteiger partial charge in [0.05, 0.1) is 26.1 Å². The molecule has 4 nitrogen and oxygen atoms in total. The predicted molar refractivity (Wildman–Crippen MR) is 85.9 cm³/mol. The Morgan fingerprint density at radius 2 is 2.30 bits per heavy atom. The van der Waals surface area contributed by atoms with E-state index >= 15 is 0 Å². The molecule has 3 heterocycles. The fraction of sp³-hybridized carbons (Fsp3) is 0.286. The molecule has 3 aromatic rings. The molecule has 0 aliphatic heterocycles. The maximum absolute atomic E-state index is 6.34. The number of nitrogens with zero attached hydrogens (tertiary/aromatic N) is 3. The molecule has 1 unspecified atom stereocenters. The predicted octanol–water partition coefficient (Wildman–Crippen LogP) is 3.34. The number of fused-ring (bicyclic) bond motifs is 1. The van der Waals surface area contributed by atoms with Crippen molar-refractivity contribution >= 4 is 37.5 Å². The standard InChI is InChI=1S/C14H15BrN4S/c1-8-14(15)12(19(2)18-8)6-10(16)9-5-13-11(17-7-9)3-4-20-13/h3-5,7,10H,6,16H2,1-2H3. The van der Waals surface area contributed by atoms with Crippen LogP contribution in [0.4, 0.5) is 0 Å². The van der Waals surface area contributed by atoms with Crippen molar-refractivity contribution in [2.45, 2.75) is 19.4 Å². The Hall–Kier alpha value is -1.24. The zero-order valence-corrected chi connectivity index (χ0v) is 13.7. The molecule has 1 atom stereocenters. The number of rotatable bonds is 3. The van der Waals surface area contributed by atoms with Crippen LogP contribution >= 0.6 is 27.3 Å². The van der Waals surface area contributed by atoms with Crippen LogP contribution in [0.3, 0.4) is 0 Å². The molecular weight excluding hydrogens is 336 g/mol. The Balaban J connectivity index is 1.90. The highest BCUT2D eigenvalue weighted by Gasteiger charge is 2.16. The Morgan fingerprint density at radius 1 is 1.50 bits per heavy atom. The topological polar surface area (TPSA) is 56.7 Å². The molecule has 0 aliphatic rings. The molecule has 0 saturated heterocycles. The largest absolute Gasteiger partial charge is 0.324 e. The summed E-state index contributed by atoms with van der Waals surface area (Å²) < 4.78 is 4.11. The van der Waals surface area contributed by atoms with Gasteiger partial charge in [-0.25, -0.2) is 0 Å². The molecule has 104 valence electrons. The molecule has 0 fully saturated rings. The van der Waals surface area contributed by atoms with Gasteiger partial charge in [0.2, 0.25) is 0 Å². The van der Waals surface area contributed by atoms with Gasteiger partial charge >= 0.3 is 0 Å². The summed E-state index contributed by atoms with van der Waals surface area (Å²) in [6, 6.07) is 4.07. The van der Waals surface area contributed by atoms with E-state index in [1.54, 1.807) is 11.3 Å². The van der Waals surface area contributed by atoms with Crippen LogP contribution in [0.1, 0.15) is 23.0 Å². The molecule has 0 bridgehead atoms. The third kappa shape index (κ3) is 2.39. The van der Waals surface area contributed by atoms with Gasteiger partial charge in [-0.15, -0.1) is 11.3 Å². The quantitative estimate of drug-likeness (QED) is 0.787. The first-order chi connectivity index (χ1) is 9.56. The minimum absolute atomic E-state index is 0.0832. The van der Waals surface area contributed by atoms with Crippen molar-refractivity contribution in [3.63, 3.8) is 0 Å². The minimum atomic E-state index is -0.0832. The summed E-state index contributed by atoms with van der Waals surface area (Å²) >= 11 is 5.27. The van der Waals surface area contributed by atoms with E-state index in [4.69, 9.17) is 5.73 Å². The van der Waals surface area contributed by atoms with Crippen molar-refractivity contribution in [1.82, 2.24) is 14.8 Å². The smallest absolute Gasteiger partial charge is 0.0809 e. The van der Waals surface area contributed by atoms with Gasteiger partial charge in [0.1, 0.15) is 0 Å². The van der Waals surface area contributed by atoms with Gasteiger partial charge < -0.3 is 5.73 Å². The van der Waals surface area contributed by atoms with Gasteiger partial charge in [-0.05, 0) is 45.9 Å². The Kier molecular flexibility index (Phi) is 3.62. The third-order valence-corrected chi connectivity index (χ3v) is 5.31. The van der Waals surface area contributed by atoms with Crippen molar-refractivity contribution in [3.8, 4) is 0 Å². The maximum Gasteiger partial charge on any atom is 0.0809 e. The number of nitrogens with two attached hydrogens (primary N) is 1. The van der Waals surface area contributed by atoms with Crippen LogP contribution in [0, 0.1) is 6.92 Å². The van der Waals surface area contributed by atoms with E-state index in [1.807, 2.05) is 36.3 Å². The Bertz CT molecular complexity index is 762. The van der Waals surface area contributed by atoms with E-state index in [0.29, 0.717) is 0 Å². The maximum atomic E-state index is 6.34. The van der Waals surface area contributed by atoms with Gasteiger partial charge in [-0.1, -0.05) is 0 Å². The number of aryl methyl sites for hydroxylation is 2. The summed E-state index contributed by atoms with van der Waals surface area (Å²) in [5, 5.41) is 6.45. The lowest BCUT2D eigenvalue weighted by Gasteiger charge is -2.12. The third-order valence-electron chi connectivity index (χ3n) is 3.43. The molecule has 0 aliphatic carbocycles. The van der Waals surface area contributed by atoms with E-state index < -0.39 is 0 Å². The van der Waals surface area contributed by atoms with E-state index in [-0.39, 0.29) is 6.04 Å². The molecule has 0 aromatic carbocycles. The fourth-order valence-electron chi connectivity index (χ4n) is 2.29. The number of hydrogen-bond donors (Lipinski definition) is 1. The van der Waals surface area contributed by atoms with Gasteiger partial charge in [-0.2, -0.15) is 5.10 Å². The molecule has 0 amide bonds. The second kappa shape index (κ2) is 5.27. The van der Waals surface area contributed by atoms with Crippen LogP contribution in [0.2, 0.25) is 0 Å². The molecule has 6 heteroatoms.